The molecule has 2 heterocycles. The molecule has 0 saturated carbocycles. The van der Waals surface area contributed by atoms with Crippen molar-refractivity contribution in [2.45, 2.75) is 19.3 Å². The van der Waals surface area contributed by atoms with Gasteiger partial charge in [0, 0.05) is 4.98 Å². The average Bonchev–Trinajstić information content (AvgIpc) is 3.11. The van der Waals surface area contributed by atoms with E-state index in [0.29, 0.717) is 19.8 Å². The Balaban J connectivity index is 1.41. The third kappa shape index (κ3) is 3.75. The van der Waals surface area contributed by atoms with Crippen molar-refractivity contribution >= 4 is 5.82 Å². The lowest BCUT2D eigenvalue weighted by Crippen LogP contribution is -2.32. The fraction of sp³-hybridized carbons (Fsp3) is 0.211. The third-order valence-electron chi connectivity index (χ3n) is 4.33. The van der Waals surface area contributed by atoms with Crippen molar-refractivity contribution in [2.24, 2.45) is 0 Å². The molecule has 2 aromatic carbocycles. The first kappa shape index (κ1) is 17.0. The smallest absolute Gasteiger partial charge is 0.414 e. The van der Waals surface area contributed by atoms with Crippen LogP contribution in [-0.2, 0) is 17.9 Å². The molecule has 0 radical (unpaired) electrons. The molecule has 8 nitrogen and oxygen atoms in total. The van der Waals surface area contributed by atoms with E-state index in [1.807, 2.05) is 36.4 Å². The molecule has 4 rings (SSSR count). The summed E-state index contributed by atoms with van der Waals surface area (Å²) in [7, 11) is 0. The lowest BCUT2D eigenvalue weighted by Gasteiger charge is -2.22. The van der Waals surface area contributed by atoms with Crippen LogP contribution < -0.4 is 4.74 Å². The number of ether oxygens (including phenoxy) is 2. The van der Waals surface area contributed by atoms with Crippen molar-refractivity contribution in [3.05, 3.63) is 70.4 Å². The first-order valence-electron chi connectivity index (χ1n) is 8.43. The fourth-order valence-corrected chi connectivity index (χ4v) is 2.97. The largest absolute Gasteiger partial charge is 0.508 e. The monoisotopic (exact) mass is 367 g/mol. The minimum absolute atomic E-state index is 0.219. The van der Waals surface area contributed by atoms with E-state index in [2.05, 4.69) is 4.98 Å². The number of aromatic nitrogens is 2. The number of hydrogen-bond acceptors (Lipinski definition) is 6. The number of imidazole rings is 1. The topological polar surface area (TPSA) is 99.7 Å². The van der Waals surface area contributed by atoms with Crippen LogP contribution >= 0.6 is 0 Å². The first-order valence-corrected chi connectivity index (χ1v) is 8.43. The molecule has 0 spiro atoms. The second-order valence-corrected chi connectivity index (χ2v) is 6.28. The quantitative estimate of drug-likeness (QED) is 0.549. The summed E-state index contributed by atoms with van der Waals surface area (Å²) in [5.41, 5.74) is 3.04. The fourth-order valence-electron chi connectivity index (χ4n) is 2.97. The predicted octanol–water partition coefficient (Wildman–Crippen LogP) is 3.14. The van der Waals surface area contributed by atoms with Gasteiger partial charge in [-0.05, 0) is 39.8 Å². The molecule has 0 saturated heterocycles. The van der Waals surface area contributed by atoms with E-state index >= 15 is 0 Å². The Morgan fingerprint density at radius 3 is 2.85 bits per heavy atom. The Bertz CT molecular complexity index is 968. The molecule has 0 unspecified atom stereocenters. The molecular weight excluding hydrogens is 350 g/mol. The van der Waals surface area contributed by atoms with Crippen LogP contribution in [0.2, 0.25) is 0 Å². The maximum atomic E-state index is 10.8. The highest BCUT2D eigenvalue weighted by molar-refractivity contribution is 5.64. The molecule has 1 N–H and O–H groups in total. The molecule has 0 aliphatic carbocycles. The Kier molecular flexibility index (Phi) is 4.47. The summed E-state index contributed by atoms with van der Waals surface area (Å²) in [5.74, 6) is 0.00175. The van der Waals surface area contributed by atoms with Crippen LogP contribution in [-0.4, -0.2) is 32.3 Å². The van der Waals surface area contributed by atoms with Crippen LogP contribution in [0.3, 0.4) is 0 Å². The van der Waals surface area contributed by atoms with Crippen molar-refractivity contribution < 1.29 is 19.5 Å². The predicted molar refractivity (Wildman–Crippen MR) is 96.5 cm³/mol. The molecule has 0 bridgehead atoms. The van der Waals surface area contributed by atoms with Gasteiger partial charge in [-0.2, -0.15) is 0 Å². The van der Waals surface area contributed by atoms with E-state index < -0.39 is 4.92 Å². The highest BCUT2D eigenvalue weighted by Crippen LogP contribution is 2.25. The van der Waals surface area contributed by atoms with Crippen LogP contribution in [0, 0.1) is 10.1 Å². The summed E-state index contributed by atoms with van der Waals surface area (Å²) < 4.78 is 13.0. The number of hydrogen-bond donors (Lipinski definition) is 1. The van der Waals surface area contributed by atoms with E-state index in [9.17, 15) is 15.2 Å². The molecule has 8 heteroatoms. The molecule has 1 aliphatic heterocycles. The second kappa shape index (κ2) is 7.08. The number of fused-ring (bicyclic) bond motifs is 1. The van der Waals surface area contributed by atoms with E-state index in [0.717, 1.165) is 16.7 Å². The maximum Gasteiger partial charge on any atom is 0.414 e. The van der Waals surface area contributed by atoms with Crippen LogP contribution in [0.4, 0.5) is 5.82 Å². The molecule has 1 aliphatic rings. The van der Waals surface area contributed by atoms with Gasteiger partial charge in [0.1, 0.15) is 24.7 Å². The minimum atomic E-state index is -0.542. The Hall–Kier alpha value is -3.39. The van der Waals surface area contributed by atoms with Gasteiger partial charge in [-0.1, -0.05) is 30.3 Å². The lowest BCUT2D eigenvalue weighted by molar-refractivity contribution is -0.389. The van der Waals surface area contributed by atoms with E-state index in [4.69, 9.17) is 9.47 Å². The number of benzene rings is 2. The van der Waals surface area contributed by atoms with Gasteiger partial charge in [0.2, 0.25) is 0 Å². The summed E-state index contributed by atoms with van der Waals surface area (Å²) in [4.78, 5) is 14.1. The standard InChI is InChI=1S/C19H17N3O5/c23-16-6-4-14(5-7-16)15-3-1-2-13(8-15)11-26-17-9-21-10-18(22(24)25)20-19(21)27-12-17/h1-8,10,17,23H,9,11-12H2/t17-/m0/s1. The molecule has 0 amide bonds. The summed E-state index contributed by atoms with van der Waals surface area (Å²) in [6, 6.07) is 15.2. The molecule has 0 fully saturated rings. The Morgan fingerprint density at radius 1 is 1.26 bits per heavy atom. The van der Waals surface area contributed by atoms with Gasteiger partial charge in [-0.3, -0.25) is 4.57 Å². The van der Waals surface area contributed by atoms with Gasteiger partial charge >= 0.3 is 11.8 Å². The number of nitro groups is 1. The van der Waals surface area contributed by atoms with E-state index in [-0.39, 0.29) is 23.7 Å². The zero-order chi connectivity index (χ0) is 18.8. The van der Waals surface area contributed by atoms with Crippen molar-refractivity contribution in [1.82, 2.24) is 9.55 Å². The van der Waals surface area contributed by atoms with Crippen molar-refractivity contribution in [3.63, 3.8) is 0 Å². The van der Waals surface area contributed by atoms with E-state index in [1.165, 1.54) is 6.20 Å². The summed E-state index contributed by atoms with van der Waals surface area (Å²) in [6.45, 7) is 1.14. The van der Waals surface area contributed by atoms with E-state index in [1.54, 1.807) is 16.7 Å². The number of phenolic OH excluding ortho intramolecular Hbond substituents is 1. The number of nitrogens with zero attached hydrogens (tertiary/aromatic N) is 3. The average molecular weight is 367 g/mol. The highest BCUT2D eigenvalue weighted by Gasteiger charge is 2.28. The normalized spacial score (nSPS) is 15.8. The van der Waals surface area contributed by atoms with Gasteiger partial charge in [0.25, 0.3) is 0 Å². The molecule has 3 aromatic rings. The molecule has 1 aromatic heterocycles. The van der Waals surface area contributed by atoms with Crippen molar-refractivity contribution in [2.75, 3.05) is 6.61 Å². The molecule has 1 atom stereocenters. The molecular formula is C19H17N3O5. The third-order valence-corrected chi connectivity index (χ3v) is 4.33. The first-order chi connectivity index (χ1) is 13.1. The van der Waals surface area contributed by atoms with Gasteiger partial charge in [0.15, 0.2) is 0 Å². The lowest BCUT2D eigenvalue weighted by atomic mass is 10.0. The maximum absolute atomic E-state index is 10.8. The zero-order valence-electron chi connectivity index (χ0n) is 14.3. The summed E-state index contributed by atoms with van der Waals surface area (Å²) in [5, 5.41) is 20.2. The number of phenols is 1. The zero-order valence-corrected chi connectivity index (χ0v) is 14.3. The van der Waals surface area contributed by atoms with Crippen LogP contribution in [0.25, 0.3) is 11.1 Å². The SMILES string of the molecule is O=[N+]([O-])c1cn2c(n1)OC[C@@H](OCc1cccc(-c3ccc(O)cc3)c1)C2. The van der Waals surface area contributed by atoms with Crippen molar-refractivity contribution in [3.8, 4) is 22.9 Å². The Labute approximate surface area is 154 Å². The van der Waals surface area contributed by atoms with Gasteiger partial charge in [-0.25, -0.2) is 0 Å². The number of aromatic hydroxyl groups is 1. The van der Waals surface area contributed by atoms with Crippen molar-refractivity contribution in [1.29, 1.82) is 0 Å². The van der Waals surface area contributed by atoms with Gasteiger partial charge < -0.3 is 24.7 Å². The Morgan fingerprint density at radius 2 is 2.07 bits per heavy atom. The van der Waals surface area contributed by atoms with Crippen LogP contribution in [0.5, 0.6) is 11.8 Å². The highest BCUT2D eigenvalue weighted by atomic mass is 16.6. The number of rotatable bonds is 5. The second-order valence-electron chi connectivity index (χ2n) is 6.28. The molecule has 27 heavy (non-hydrogen) atoms. The summed E-state index contributed by atoms with van der Waals surface area (Å²) >= 11 is 0. The van der Waals surface area contributed by atoms with Crippen LogP contribution in [0.15, 0.2) is 54.7 Å². The molecule has 138 valence electrons. The minimum Gasteiger partial charge on any atom is -0.508 e. The summed E-state index contributed by atoms with van der Waals surface area (Å²) in [6.07, 6.45) is 1.14. The van der Waals surface area contributed by atoms with Gasteiger partial charge in [-0.15, -0.1) is 0 Å². The van der Waals surface area contributed by atoms with Gasteiger partial charge in [0.05, 0.1) is 13.2 Å². The van der Waals surface area contributed by atoms with Crippen LogP contribution in [0.1, 0.15) is 5.56 Å².